The minimum Gasteiger partial charge on any atom is -0.465 e. The lowest BCUT2D eigenvalue weighted by atomic mass is 9.94. The predicted molar refractivity (Wildman–Crippen MR) is 68.5 cm³/mol. The van der Waals surface area contributed by atoms with Gasteiger partial charge < -0.3 is 19.5 Å². The van der Waals surface area contributed by atoms with E-state index in [4.69, 9.17) is 14.2 Å². The molecule has 0 amide bonds. The number of rotatable bonds is 10. The first-order valence-electron chi connectivity index (χ1n) is 6.72. The first kappa shape index (κ1) is 15.4. The van der Waals surface area contributed by atoms with Gasteiger partial charge in [-0.3, -0.25) is 0 Å². The van der Waals surface area contributed by atoms with Crippen molar-refractivity contribution in [1.29, 1.82) is 0 Å². The lowest BCUT2D eigenvalue weighted by molar-refractivity contribution is -0.155. The normalized spacial score (nSPS) is 18.4. The summed E-state index contributed by atoms with van der Waals surface area (Å²) in [6.45, 7) is 6.25. The van der Waals surface area contributed by atoms with Gasteiger partial charge in [-0.2, -0.15) is 0 Å². The van der Waals surface area contributed by atoms with Crippen molar-refractivity contribution >= 4 is 5.97 Å². The monoisotopic (exact) mass is 259 g/mol. The van der Waals surface area contributed by atoms with E-state index in [1.54, 1.807) is 7.05 Å². The second-order valence-corrected chi connectivity index (χ2v) is 4.47. The van der Waals surface area contributed by atoms with Crippen LogP contribution in [0.15, 0.2) is 0 Å². The zero-order valence-corrected chi connectivity index (χ0v) is 11.7. The Morgan fingerprint density at radius 1 is 1.22 bits per heavy atom. The summed E-state index contributed by atoms with van der Waals surface area (Å²) in [5, 5.41) is 3.11. The van der Waals surface area contributed by atoms with Crippen molar-refractivity contribution in [3.8, 4) is 0 Å². The number of ether oxygens (including phenoxy) is 3. The Hall–Kier alpha value is -0.650. The van der Waals surface area contributed by atoms with Crippen LogP contribution in [0.4, 0.5) is 0 Å². The molecule has 0 aromatic heterocycles. The fourth-order valence-corrected chi connectivity index (χ4v) is 2.05. The maximum atomic E-state index is 12.1. The second-order valence-electron chi connectivity index (χ2n) is 4.47. The highest BCUT2D eigenvalue weighted by molar-refractivity contribution is 5.82. The van der Waals surface area contributed by atoms with Gasteiger partial charge in [0.2, 0.25) is 0 Å². The fraction of sp³-hybridized carbons (Fsp3) is 0.923. The van der Waals surface area contributed by atoms with Gasteiger partial charge in [-0.1, -0.05) is 0 Å². The second kappa shape index (κ2) is 7.71. The summed E-state index contributed by atoms with van der Waals surface area (Å²) in [5.41, 5.74) is -0.678. The Bertz CT molecular complexity index is 255. The number of hydrogen-bond acceptors (Lipinski definition) is 5. The highest BCUT2D eigenvalue weighted by Gasteiger charge is 2.51. The van der Waals surface area contributed by atoms with E-state index in [1.807, 2.05) is 13.8 Å². The minimum atomic E-state index is -0.678. The van der Waals surface area contributed by atoms with Gasteiger partial charge in [-0.15, -0.1) is 0 Å². The maximum absolute atomic E-state index is 12.1. The van der Waals surface area contributed by atoms with E-state index in [0.29, 0.717) is 39.0 Å². The summed E-state index contributed by atoms with van der Waals surface area (Å²) < 4.78 is 15.9. The molecule has 106 valence electrons. The standard InChI is InChI=1S/C13H25NO4/c1-4-16-8-9-17-10-13(14-3,11-6-7-11)12(15)18-5-2/h11,14H,4-10H2,1-3H3. The van der Waals surface area contributed by atoms with Gasteiger partial charge in [0, 0.05) is 6.61 Å². The molecule has 1 saturated carbocycles. The molecule has 1 aliphatic carbocycles. The van der Waals surface area contributed by atoms with E-state index in [2.05, 4.69) is 5.32 Å². The summed E-state index contributed by atoms with van der Waals surface area (Å²) in [4.78, 5) is 12.1. The minimum absolute atomic E-state index is 0.202. The molecule has 0 saturated heterocycles. The quantitative estimate of drug-likeness (QED) is 0.468. The molecule has 1 atom stereocenters. The molecule has 0 heterocycles. The SMILES string of the molecule is CCOCCOCC(NC)(C(=O)OCC)C1CC1. The van der Waals surface area contributed by atoms with E-state index >= 15 is 0 Å². The Balaban J connectivity index is 2.46. The van der Waals surface area contributed by atoms with Crippen LogP contribution >= 0.6 is 0 Å². The Kier molecular flexibility index (Phi) is 6.60. The maximum Gasteiger partial charge on any atom is 0.329 e. The average Bonchev–Trinajstić information content (AvgIpc) is 3.19. The third-order valence-electron chi connectivity index (χ3n) is 3.27. The van der Waals surface area contributed by atoms with Gasteiger partial charge in [-0.05, 0) is 39.7 Å². The van der Waals surface area contributed by atoms with Crippen molar-refractivity contribution in [2.24, 2.45) is 5.92 Å². The summed E-state index contributed by atoms with van der Waals surface area (Å²) in [6.07, 6.45) is 2.10. The van der Waals surface area contributed by atoms with Crippen LogP contribution in [0.3, 0.4) is 0 Å². The van der Waals surface area contributed by atoms with Crippen molar-refractivity contribution in [3.63, 3.8) is 0 Å². The molecule has 1 unspecified atom stereocenters. The fourth-order valence-electron chi connectivity index (χ4n) is 2.05. The molecule has 0 aromatic carbocycles. The molecule has 5 heteroatoms. The largest absolute Gasteiger partial charge is 0.465 e. The topological polar surface area (TPSA) is 56.8 Å². The molecule has 1 aliphatic rings. The zero-order chi connectivity index (χ0) is 13.4. The van der Waals surface area contributed by atoms with Crippen molar-refractivity contribution in [2.45, 2.75) is 32.2 Å². The van der Waals surface area contributed by atoms with Gasteiger partial charge in [0.15, 0.2) is 0 Å². The first-order valence-corrected chi connectivity index (χ1v) is 6.72. The molecule has 0 aliphatic heterocycles. The predicted octanol–water partition coefficient (Wildman–Crippen LogP) is 0.971. The van der Waals surface area contributed by atoms with Gasteiger partial charge in [-0.25, -0.2) is 4.79 Å². The third-order valence-corrected chi connectivity index (χ3v) is 3.27. The van der Waals surface area contributed by atoms with E-state index in [0.717, 1.165) is 12.8 Å². The molecule has 1 N–H and O–H groups in total. The van der Waals surface area contributed by atoms with Crippen LogP contribution in [0.5, 0.6) is 0 Å². The summed E-state index contributed by atoms with van der Waals surface area (Å²) in [6, 6.07) is 0. The number of nitrogens with one attached hydrogen (secondary N) is 1. The van der Waals surface area contributed by atoms with E-state index in [1.165, 1.54) is 0 Å². The highest BCUT2D eigenvalue weighted by Crippen LogP contribution is 2.40. The van der Waals surface area contributed by atoms with Crippen LogP contribution in [0.1, 0.15) is 26.7 Å². The van der Waals surface area contributed by atoms with Crippen molar-refractivity contribution in [3.05, 3.63) is 0 Å². The van der Waals surface area contributed by atoms with Crippen LogP contribution < -0.4 is 5.32 Å². The Morgan fingerprint density at radius 2 is 1.89 bits per heavy atom. The van der Waals surface area contributed by atoms with Gasteiger partial charge >= 0.3 is 5.97 Å². The van der Waals surface area contributed by atoms with Gasteiger partial charge in [0.05, 0.1) is 26.4 Å². The Morgan fingerprint density at radius 3 is 2.39 bits per heavy atom. The average molecular weight is 259 g/mol. The summed E-state index contributed by atoms with van der Waals surface area (Å²) in [7, 11) is 1.79. The first-order chi connectivity index (χ1) is 8.71. The molecule has 0 radical (unpaired) electrons. The molecule has 18 heavy (non-hydrogen) atoms. The molecule has 0 spiro atoms. The highest BCUT2D eigenvalue weighted by atomic mass is 16.5. The molecule has 0 aromatic rings. The van der Waals surface area contributed by atoms with E-state index in [-0.39, 0.29) is 5.97 Å². The molecule has 0 bridgehead atoms. The lowest BCUT2D eigenvalue weighted by Crippen LogP contribution is -2.57. The summed E-state index contributed by atoms with van der Waals surface area (Å²) >= 11 is 0. The van der Waals surface area contributed by atoms with E-state index < -0.39 is 5.54 Å². The number of esters is 1. The Labute approximate surface area is 109 Å². The van der Waals surface area contributed by atoms with Crippen molar-refractivity contribution in [1.82, 2.24) is 5.32 Å². The lowest BCUT2D eigenvalue weighted by Gasteiger charge is -2.30. The molecular formula is C13H25NO4. The number of likely N-dealkylation sites (N-methyl/N-ethyl adjacent to an activating group) is 1. The van der Waals surface area contributed by atoms with E-state index in [9.17, 15) is 4.79 Å². The van der Waals surface area contributed by atoms with Crippen LogP contribution in [-0.2, 0) is 19.0 Å². The number of hydrogen-bond donors (Lipinski definition) is 1. The van der Waals surface area contributed by atoms with Crippen LogP contribution in [0.2, 0.25) is 0 Å². The smallest absolute Gasteiger partial charge is 0.329 e. The molecule has 1 rings (SSSR count). The molecular weight excluding hydrogens is 234 g/mol. The molecule has 1 fully saturated rings. The van der Waals surface area contributed by atoms with Gasteiger partial charge in [0.25, 0.3) is 0 Å². The van der Waals surface area contributed by atoms with Crippen LogP contribution in [-0.4, -0.2) is 51.6 Å². The number of carbonyl (C=O) groups excluding carboxylic acids is 1. The van der Waals surface area contributed by atoms with Crippen LogP contribution in [0, 0.1) is 5.92 Å². The van der Waals surface area contributed by atoms with Crippen molar-refractivity contribution < 1.29 is 19.0 Å². The number of carbonyl (C=O) groups is 1. The molecule has 5 nitrogen and oxygen atoms in total. The van der Waals surface area contributed by atoms with Gasteiger partial charge in [0.1, 0.15) is 5.54 Å². The van der Waals surface area contributed by atoms with Crippen molar-refractivity contribution in [2.75, 3.05) is 40.1 Å². The summed E-state index contributed by atoms with van der Waals surface area (Å²) in [5.74, 6) is 0.125. The zero-order valence-electron chi connectivity index (χ0n) is 11.7. The third kappa shape index (κ3) is 3.93. The van der Waals surface area contributed by atoms with Crippen LogP contribution in [0.25, 0.3) is 0 Å².